The molecule has 10 aromatic rings. The van der Waals surface area contributed by atoms with Crippen LogP contribution in [0.5, 0.6) is 0 Å². The summed E-state index contributed by atoms with van der Waals surface area (Å²) >= 11 is 0. The lowest BCUT2D eigenvalue weighted by Gasteiger charge is -2.22. The van der Waals surface area contributed by atoms with Crippen LogP contribution in [-0.4, -0.2) is 40.3 Å². The molecule has 6 aromatic carbocycles. The summed E-state index contributed by atoms with van der Waals surface area (Å²) in [6.07, 6.45) is 4.27. The van der Waals surface area contributed by atoms with Gasteiger partial charge in [0.15, 0.2) is 0 Å². The molecule has 0 aliphatic carbocycles. The van der Waals surface area contributed by atoms with Crippen molar-refractivity contribution in [3.05, 3.63) is 181 Å². The maximum atomic E-state index is 5.22. The lowest BCUT2D eigenvalue weighted by molar-refractivity contribution is 1.02. The van der Waals surface area contributed by atoms with Crippen molar-refractivity contribution in [3.63, 3.8) is 0 Å². The van der Waals surface area contributed by atoms with Crippen LogP contribution in [0.4, 0.5) is 34.9 Å². The van der Waals surface area contributed by atoms with Gasteiger partial charge in [0.2, 0.25) is 11.9 Å². The van der Waals surface area contributed by atoms with Crippen LogP contribution < -0.4 is 9.80 Å². The minimum atomic E-state index is 0.684. The number of nitrogens with one attached hydrogen (secondary N) is 4. The Kier molecular flexibility index (Phi) is 8.18. The minimum absolute atomic E-state index is 0.684. The molecule has 10 rings (SSSR count). The molecule has 0 atom stereocenters. The number of anilines is 6. The number of rotatable bonds is 10. The van der Waals surface area contributed by atoms with Gasteiger partial charge in [-0.1, -0.05) is 97.1 Å². The zero-order valence-electron chi connectivity index (χ0n) is 30.5. The first-order valence-corrected chi connectivity index (χ1v) is 18.5. The lowest BCUT2D eigenvalue weighted by Crippen LogP contribution is -2.14. The van der Waals surface area contributed by atoms with Gasteiger partial charge in [-0.3, -0.25) is 15.1 Å². The highest BCUT2D eigenvalue weighted by Crippen LogP contribution is 2.40. The number of H-pyrrole nitrogens is 4. The molecule has 0 unspecified atom stereocenters. The molecule has 0 aliphatic rings. The fourth-order valence-electron chi connectivity index (χ4n) is 7.41. The highest BCUT2D eigenvalue weighted by molar-refractivity contribution is 5.90. The van der Waals surface area contributed by atoms with Crippen molar-refractivity contribution >= 4 is 57.0 Å². The fraction of sp³-hybridized carbons (Fsp3) is 0.0435. The molecule has 0 bridgehead atoms. The largest absolute Gasteiger partial charge is 0.323 e. The Morgan fingerprint density at radius 2 is 1.20 bits per heavy atom. The second kappa shape index (κ2) is 13.9. The van der Waals surface area contributed by atoms with Crippen LogP contribution >= 0.6 is 0 Å². The summed E-state index contributed by atoms with van der Waals surface area (Å²) in [5, 5.41) is 14.5. The van der Waals surface area contributed by atoms with Gasteiger partial charge in [-0.2, -0.15) is 10.2 Å². The molecule has 0 saturated carbocycles. The van der Waals surface area contributed by atoms with Gasteiger partial charge in [0, 0.05) is 23.4 Å². The van der Waals surface area contributed by atoms with Crippen molar-refractivity contribution in [2.75, 3.05) is 9.80 Å². The van der Waals surface area contributed by atoms with Crippen LogP contribution in [0, 0.1) is 6.92 Å². The predicted molar refractivity (Wildman–Crippen MR) is 224 cm³/mol. The third-order valence-electron chi connectivity index (χ3n) is 10.2. The van der Waals surface area contributed by atoms with Gasteiger partial charge in [0.05, 0.1) is 40.1 Å². The number of fused-ring (bicyclic) bond motifs is 2. The highest BCUT2D eigenvalue weighted by Gasteiger charge is 2.23. The number of para-hydroxylation sites is 3. The summed E-state index contributed by atoms with van der Waals surface area (Å²) in [6, 6.07) is 52.5. The molecule has 0 amide bonds. The summed E-state index contributed by atoms with van der Waals surface area (Å²) in [7, 11) is 0. The molecule has 56 heavy (non-hydrogen) atoms. The van der Waals surface area contributed by atoms with Crippen molar-refractivity contribution in [1.82, 2.24) is 40.3 Å². The number of aromatic amines is 4. The van der Waals surface area contributed by atoms with Crippen molar-refractivity contribution < 1.29 is 0 Å². The van der Waals surface area contributed by atoms with Crippen molar-refractivity contribution in [1.29, 1.82) is 0 Å². The first-order valence-electron chi connectivity index (χ1n) is 18.5. The van der Waals surface area contributed by atoms with Gasteiger partial charge in [-0.25, -0.2) is 14.9 Å². The summed E-state index contributed by atoms with van der Waals surface area (Å²) in [6.45, 7) is 2.17. The van der Waals surface area contributed by atoms with E-state index in [0.717, 1.165) is 73.8 Å². The Bertz CT molecular complexity index is 2840. The number of hydrogen-bond acceptors (Lipinski definition) is 6. The van der Waals surface area contributed by atoms with E-state index in [4.69, 9.17) is 9.97 Å². The van der Waals surface area contributed by atoms with Crippen LogP contribution in [0.15, 0.2) is 164 Å². The third-order valence-corrected chi connectivity index (χ3v) is 10.2. The van der Waals surface area contributed by atoms with E-state index in [1.165, 1.54) is 16.7 Å². The smallest absolute Gasteiger partial charge is 0.215 e. The molecule has 0 fully saturated rings. The average molecular weight is 729 g/mol. The second-order valence-electron chi connectivity index (χ2n) is 13.8. The normalized spacial score (nSPS) is 11.4. The lowest BCUT2D eigenvalue weighted by atomic mass is 9.97. The molecular weight excluding hydrogens is 693 g/mol. The van der Waals surface area contributed by atoms with E-state index < -0.39 is 0 Å². The van der Waals surface area contributed by atoms with E-state index in [1.54, 1.807) is 12.4 Å². The first-order chi connectivity index (χ1) is 27.6. The predicted octanol–water partition coefficient (Wildman–Crippen LogP) is 11.1. The van der Waals surface area contributed by atoms with Crippen molar-refractivity contribution in [2.45, 2.75) is 13.3 Å². The highest BCUT2D eigenvalue weighted by atomic mass is 15.3. The molecular formula is C46H36N10. The molecule has 4 N–H and O–H groups in total. The van der Waals surface area contributed by atoms with Crippen LogP contribution in [0.2, 0.25) is 0 Å². The number of aromatic nitrogens is 8. The standard InChI is InChI=1S/C46H36N10/c1-30-26-40-41(52-46(51-40)56(45-49-38-15-6-7-16-39(38)50-45)42-17-8-5-14-37(42)33-10-3-2-4-11-33)29-35(30)27-31-18-20-32(21-19-31)34-12-9-13-36(28-34)55(43-22-24-47-53-43)44-23-25-48-54-44/h2-26,28-29H,27H2,1H3,(H,47,53)(H,48,54)(H,49,50)(H,51,52). The first kappa shape index (κ1) is 32.9. The van der Waals surface area contributed by atoms with Crippen molar-refractivity contribution in [2.24, 2.45) is 0 Å². The molecule has 0 radical (unpaired) electrons. The SMILES string of the molecule is Cc1cc2[nH]c(N(c3nc4ccccc4[nH]3)c3ccccc3-c3ccccc3)nc2cc1Cc1ccc(-c2cccc(N(c3ccn[nH]3)c3ccn[nH]3)c2)cc1. The molecule has 10 heteroatoms. The molecule has 4 heterocycles. The van der Waals surface area contributed by atoms with E-state index >= 15 is 0 Å². The zero-order chi connectivity index (χ0) is 37.4. The van der Waals surface area contributed by atoms with Gasteiger partial charge < -0.3 is 9.97 Å². The Morgan fingerprint density at radius 3 is 1.95 bits per heavy atom. The summed E-state index contributed by atoms with van der Waals surface area (Å²) in [5.41, 5.74) is 13.8. The molecule has 0 spiro atoms. The quantitative estimate of drug-likeness (QED) is 0.111. The summed E-state index contributed by atoms with van der Waals surface area (Å²) in [4.78, 5) is 21.6. The fourth-order valence-corrected chi connectivity index (χ4v) is 7.41. The van der Waals surface area contributed by atoms with Gasteiger partial charge >= 0.3 is 0 Å². The molecule has 4 aromatic heterocycles. The number of benzene rings is 6. The van der Waals surface area contributed by atoms with Gasteiger partial charge in [-0.15, -0.1) is 0 Å². The Labute approximate surface area is 322 Å². The molecule has 0 saturated heterocycles. The third kappa shape index (κ3) is 6.14. The van der Waals surface area contributed by atoms with E-state index in [2.05, 4.69) is 156 Å². The Morgan fingerprint density at radius 1 is 0.518 bits per heavy atom. The number of imidazole rings is 2. The van der Waals surface area contributed by atoms with E-state index in [1.807, 2.05) is 42.5 Å². The zero-order valence-corrected chi connectivity index (χ0v) is 30.5. The van der Waals surface area contributed by atoms with Crippen LogP contribution in [0.3, 0.4) is 0 Å². The maximum Gasteiger partial charge on any atom is 0.215 e. The Balaban J connectivity index is 0.968. The van der Waals surface area contributed by atoms with E-state index in [-0.39, 0.29) is 0 Å². The summed E-state index contributed by atoms with van der Waals surface area (Å²) in [5.74, 6) is 3.06. The number of hydrogen-bond donors (Lipinski definition) is 4. The summed E-state index contributed by atoms with van der Waals surface area (Å²) < 4.78 is 0. The number of aryl methyl sites for hydroxylation is 1. The minimum Gasteiger partial charge on any atom is -0.323 e. The van der Waals surface area contributed by atoms with Gasteiger partial charge in [-0.05, 0) is 89.2 Å². The van der Waals surface area contributed by atoms with E-state index in [0.29, 0.717) is 11.9 Å². The van der Waals surface area contributed by atoms with Crippen molar-refractivity contribution in [3.8, 4) is 22.3 Å². The average Bonchev–Trinajstić information content (AvgIpc) is 4.08. The molecule has 270 valence electrons. The number of nitrogens with zero attached hydrogens (tertiary/aromatic N) is 6. The Hall–Kier alpha value is -7.72. The second-order valence-corrected chi connectivity index (χ2v) is 13.8. The maximum absolute atomic E-state index is 5.22. The molecule has 10 nitrogen and oxygen atoms in total. The van der Waals surface area contributed by atoms with Crippen LogP contribution in [0.1, 0.15) is 16.7 Å². The van der Waals surface area contributed by atoms with Gasteiger partial charge in [0.25, 0.3) is 0 Å². The molecule has 0 aliphatic heterocycles. The topological polar surface area (TPSA) is 121 Å². The van der Waals surface area contributed by atoms with Crippen LogP contribution in [0.25, 0.3) is 44.3 Å². The van der Waals surface area contributed by atoms with E-state index in [9.17, 15) is 0 Å². The van der Waals surface area contributed by atoms with Gasteiger partial charge in [0.1, 0.15) is 11.6 Å². The van der Waals surface area contributed by atoms with Crippen LogP contribution in [-0.2, 0) is 6.42 Å². The monoisotopic (exact) mass is 728 g/mol.